The number of nitrogens with zero attached hydrogens (tertiary/aromatic N) is 1. The highest BCUT2D eigenvalue weighted by molar-refractivity contribution is 7.91. The van der Waals surface area contributed by atoms with Crippen molar-refractivity contribution in [2.24, 2.45) is 0 Å². The van der Waals surface area contributed by atoms with Crippen molar-refractivity contribution in [3.8, 4) is 19.5 Å². The SMILES string of the molecule is CCN(CC)S(=O)(=O)c1ccc(-c2ccc(-c3cccs3)s2)s1. The maximum absolute atomic E-state index is 12.6. The second kappa shape index (κ2) is 6.86. The summed E-state index contributed by atoms with van der Waals surface area (Å²) in [4.78, 5) is 4.58. The van der Waals surface area contributed by atoms with Crippen LogP contribution in [0.15, 0.2) is 46.0 Å². The van der Waals surface area contributed by atoms with Gasteiger partial charge in [0.25, 0.3) is 10.0 Å². The first-order valence-corrected chi connectivity index (χ1v) is 11.3. The van der Waals surface area contributed by atoms with Crippen molar-refractivity contribution in [3.63, 3.8) is 0 Å². The summed E-state index contributed by atoms with van der Waals surface area (Å²) in [6.45, 7) is 4.71. The molecule has 0 amide bonds. The van der Waals surface area contributed by atoms with E-state index in [0.29, 0.717) is 17.3 Å². The highest BCUT2D eigenvalue weighted by atomic mass is 32.2. The van der Waals surface area contributed by atoms with Gasteiger partial charge in [0.2, 0.25) is 0 Å². The minimum Gasteiger partial charge on any atom is -0.206 e. The summed E-state index contributed by atoms with van der Waals surface area (Å²) in [7, 11) is -3.37. The van der Waals surface area contributed by atoms with E-state index in [1.807, 2.05) is 26.0 Å². The molecule has 122 valence electrons. The molecule has 23 heavy (non-hydrogen) atoms. The normalized spacial score (nSPS) is 12.1. The fourth-order valence-electron chi connectivity index (χ4n) is 2.30. The highest BCUT2D eigenvalue weighted by Crippen LogP contribution is 2.40. The number of hydrogen-bond donors (Lipinski definition) is 0. The van der Waals surface area contributed by atoms with Gasteiger partial charge in [0.15, 0.2) is 0 Å². The summed E-state index contributed by atoms with van der Waals surface area (Å²) < 4.78 is 27.1. The quantitative estimate of drug-likeness (QED) is 0.584. The van der Waals surface area contributed by atoms with Gasteiger partial charge in [-0.2, -0.15) is 4.31 Å². The lowest BCUT2D eigenvalue weighted by molar-refractivity contribution is 0.447. The summed E-state index contributed by atoms with van der Waals surface area (Å²) >= 11 is 4.76. The Bertz CT molecular complexity index is 871. The minimum atomic E-state index is -3.37. The average molecular weight is 384 g/mol. The van der Waals surface area contributed by atoms with Crippen LogP contribution in [0, 0.1) is 0 Å². The summed E-state index contributed by atoms with van der Waals surface area (Å²) in [5, 5.41) is 2.06. The standard InChI is InChI=1S/C16H17NO2S4/c1-3-17(4-2)23(18,19)16-10-9-15(22-16)14-8-7-13(21-14)12-6-5-11-20-12/h5-11H,3-4H2,1-2H3. The van der Waals surface area contributed by atoms with Crippen molar-refractivity contribution in [1.82, 2.24) is 4.31 Å². The molecular formula is C16H17NO2S4. The Hall–Kier alpha value is -0.990. The molecule has 0 spiro atoms. The molecule has 3 aromatic heterocycles. The van der Waals surface area contributed by atoms with Gasteiger partial charge in [-0.15, -0.1) is 34.0 Å². The zero-order valence-electron chi connectivity index (χ0n) is 12.9. The fourth-order valence-corrected chi connectivity index (χ4v) is 7.15. The van der Waals surface area contributed by atoms with Gasteiger partial charge in [-0.25, -0.2) is 8.42 Å². The monoisotopic (exact) mass is 383 g/mol. The van der Waals surface area contributed by atoms with Crippen LogP contribution in [0.4, 0.5) is 0 Å². The highest BCUT2D eigenvalue weighted by Gasteiger charge is 2.24. The van der Waals surface area contributed by atoms with Gasteiger partial charge in [-0.1, -0.05) is 19.9 Å². The Morgan fingerprint density at radius 3 is 2.09 bits per heavy atom. The van der Waals surface area contributed by atoms with Crippen molar-refractivity contribution < 1.29 is 8.42 Å². The molecule has 0 radical (unpaired) electrons. The van der Waals surface area contributed by atoms with Crippen LogP contribution in [-0.4, -0.2) is 25.8 Å². The van der Waals surface area contributed by atoms with Crippen LogP contribution >= 0.6 is 34.0 Å². The maximum Gasteiger partial charge on any atom is 0.252 e. The van der Waals surface area contributed by atoms with Crippen LogP contribution in [0.3, 0.4) is 0 Å². The zero-order chi connectivity index (χ0) is 16.4. The van der Waals surface area contributed by atoms with E-state index in [-0.39, 0.29) is 0 Å². The summed E-state index contributed by atoms with van der Waals surface area (Å²) in [6, 6.07) is 11.9. The molecule has 0 aliphatic heterocycles. The summed E-state index contributed by atoms with van der Waals surface area (Å²) in [6.07, 6.45) is 0. The van der Waals surface area contributed by atoms with E-state index in [2.05, 4.69) is 23.6 Å². The molecule has 7 heteroatoms. The van der Waals surface area contributed by atoms with Crippen molar-refractivity contribution >= 4 is 44.0 Å². The predicted molar refractivity (Wildman–Crippen MR) is 101 cm³/mol. The van der Waals surface area contributed by atoms with Crippen LogP contribution in [0.2, 0.25) is 0 Å². The van der Waals surface area contributed by atoms with Gasteiger partial charge in [0, 0.05) is 32.6 Å². The third-order valence-corrected chi connectivity index (χ3v) is 9.44. The van der Waals surface area contributed by atoms with Crippen LogP contribution < -0.4 is 0 Å². The van der Waals surface area contributed by atoms with Crippen LogP contribution in [-0.2, 0) is 10.0 Å². The molecule has 3 rings (SSSR count). The third-order valence-electron chi connectivity index (χ3n) is 3.49. The lowest BCUT2D eigenvalue weighted by Gasteiger charge is -2.16. The average Bonchev–Trinajstić information content (AvgIpc) is 3.27. The van der Waals surface area contributed by atoms with Crippen molar-refractivity contribution in [1.29, 1.82) is 0 Å². The van der Waals surface area contributed by atoms with E-state index in [1.54, 1.807) is 28.7 Å². The lowest BCUT2D eigenvalue weighted by atomic mass is 10.3. The van der Waals surface area contributed by atoms with Gasteiger partial charge in [0.05, 0.1) is 0 Å². The Labute approximate surface area is 148 Å². The first-order valence-electron chi connectivity index (χ1n) is 7.30. The second-order valence-corrected chi connectivity index (χ2v) is 10.1. The van der Waals surface area contributed by atoms with Crippen molar-refractivity contribution in [2.45, 2.75) is 18.1 Å². The van der Waals surface area contributed by atoms with E-state index >= 15 is 0 Å². The lowest BCUT2D eigenvalue weighted by Crippen LogP contribution is -2.29. The number of sulfonamides is 1. The van der Waals surface area contributed by atoms with Gasteiger partial charge >= 0.3 is 0 Å². The Morgan fingerprint density at radius 1 is 0.870 bits per heavy atom. The molecule has 3 nitrogen and oxygen atoms in total. The van der Waals surface area contributed by atoms with Gasteiger partial charge in [-0.3, -0.25) is 0 Å². The molecular weight excluding hydrogens is 366 g/mol. The van der Waals surface area contributed by atoms with Gasteiger partial charge in [0.1, 0.15) is 4.21 Å². The maximum atomic E-state index is 12.6. The van der Waals surface area contributed by atoms with E-state index in [0.717, 1.165) is 9.75 Å². The second-order valence-electron chi connectivity index (χ2n) is 4.85. The molecule has 3 heterocycles. The van der Waals surface area contributed by atoms with Crippen LogP contribution in [0.5, 0.6) is 0 Å². The smallest absolute Gasteiger partial charge is 0.206 e. The van der Waals surface area contributed by atoms with Gasteiger partial charge in [-0.05, 0) is 35.7 Å². The first kappa shape index (κ1) is 16.9. The Morgan fingerprint density at radius 2 is 1.48 bits per heavy atom. The third kappa shape index (κ3) is 3.29. The van der Waals surface area contributed by atoms with Crippen LogP contribution in [0.25, 0.3) is 19.5 Å². The molecule has 0 aliphatic carbocycles. The Balaban J connectivity index is 1.91. The van der Waals surface area contributed by atoms with E-state index < -0.39 is 10.0 Å². The molecule has 0 bridgehead atoms. The van der Waals surface area contributed by atoms with Crippen molar-refractivity contribution in [2.75, 3.05) is 13.1 Å². The molecule has 0 saturated carbocycles. The number of thiophene rings is 3. The van der Waals surface area contributed by atoms with E-state index in [1.165, 1.54) is 25.4 Å². The van der Waals surface area contributed by atoms with Gasteiger partial charge < -0.3 is 0 Å². The molecule has 0 unspecified atom stereocenters. The van der Waals surface area contributed by atoms with E-state index in [9.17, 15) is 8.42 Å². The van der Waals surface area contributed by atoms with E-state index in [4.69, 9.17) is 0 Å². The first-order chi connectivity index (χ1) is 11.1. The molecule has 0 saturated heterocycles. The molecule has 0 N–H and O–H groups in total. The molecule has 0 aromatic carbocycles. The number of rotatable bonds is 6. The van der Waals surface area contributed by atoms with Crippen molar-refractivity contribution in [3.05, 3.63) is 41.8 Å². The number of hydrogen-bond acceptors (Lipinski definition) is 5. The minimum absolute atomic E-state index is 0.419. The summed E-state index contributed by atoms with van der Waals surface area (Å²) in [5.41, 5.74) is 0. The molecule has 0 fully saturated rings. The molecule has 0 atom stereocenters. The Kier molecular flexibility index (Phi) is 5.03. The molecule has 3 aromatic rings. The molecule has 0 aliphatic rings. The zero-order valence-corrected chi connectivity index (χ0v) is 16.1. The van der Waals surface area contributed by atoms with Crippen LogP contribution in [0.1, 0.15) is 13.8 Å². The largest absolute Gasteiger partial charge is 0.252 e. The summed E-state index contributed by atoms with van der Waals surface area (Å²) in [5.74, 6) is 0. The fraction of sp³-hybridized carbons (Fsp3) is 0.250. The predicted octanol–water partition coefficient (Wildman–Crippen LogP) is 5.24. The topological polar surface area (TPSA) is 37.4 Å².